The highest BCUT2D eigenvalue weighted by atomic mass is 32.2. The molecule has 1 amide bonds. The Kier molecular flexibility index (Phi) is 6.21. The van der Waals surface area contributed by atoms with Crippen LogP contribution < -0.4 is 11.1 Å². The zero-order valence-corrected chi connectivity index (χ0v) is 12.1. The summed E-state index contributed by atoms with van der Waals surface area (Å²) < 4.78 is 1.77. The largest absolute Gasteiger partial charge is 0.351 e. The third kappa shape index (κ3) is 4.34. The van der Waals surface area contributed by atoms with E-state index in [2.05, 4.69) is 17.3 Å². The highest BCUT2D eigenvalue weighted by molar-refractivity contribution is 7.98. The number of nitrogens with one attached hydrogen (secondary N) is 1. The maximum absolute atomic E-state index is 11.8. The highest BCUT2D eigenvalue weighted by Crippen LogP contribution is 2.07. The van der Waals surface area contributed by atoms with E-state index in [-0.39, 0.29) is 5.91 Å². The van der Waals surface area contributed by atoms with Crippen molar-refractivity contribution in [2.24, 2.45) is 12.8 Å². The number of aromatic nitrogens is 2. The normalized spacial score (nSPS) is 12.4. The van der Waals surface area contributed by atoms with Gasteiger partial charge >= 0.3 is 0 Å². The minimum Gasteiger partial charge on any atom is -0.351 e. The summed E-state index contributed by atoms with van der Waals surface area (Å²) in [6.07, 6.45) is 5.52. The van der Waals surface area contributed by atoms with E-state index in [1.54, 1.807) is 16.4 Å². The average Bonchev–Trinajstić information content (AvgIpc) is 2.73. The zero-order chi connectivity index (χ0) is 13.5. The number of rotatable bonds is 7. The minimum absolute atomic E-state index is 0.0880. The van der Waals surface area contributed by atoms with E-state index in [0.717, 1.165) is 23.4 Å². The fourth-order valence-corrected chi connectivity index (χ4v) is 2.21. The molecule has 18 heavy (non-hydrogen) atoms. The molecule has 0 saturated heterocycles. The van der Waals surface area contributed by atoms with Crippen molar-refractivity contribution in [2.75, 3.05) is 12.0 Å². The highest BCUT2D eigenvalue weighted by Gasteiger charge is 2.13. The van der Waals surface area contributed by atoms with Crippen LogP contribution in [0.1, 0.15) is 24.6 Å². The number of hydrogen-bond donors (Lipinski definition) is 2. The zero-order valence-electron chi connectivity index (χ0n) is 11.3. The molecule has 0 saturated carbocycles. The molecule has 0 aliphatic heterocycles. The van der Waals surface area contributed by atoms with Gasteiger partial charge in [0.2, 0.25) is 5.91 Å². The second kappa shape index (κ2) is 7.43. The second-order valence-electron chi connectivity index (χ2n) is 4.23. The number of amides is 1. The Morgan fingerprint density at radius 1 is 1.67 bits per heavy atom. The summed E-state index contributed by atoms with van der Waals surface area (Å²) in [6.45, 7) is 2.56. The van der Waals surface area contributed by atoms with Gasteiger partial charge in [0.25, 0.3) is 0 Å². The van der Waals surface area contributed by atoms with Crippen LogP contribution >= 0.6 is 11.8 Å². The first-order valence-electron chi connectivity index (χ1n) is 6.12. The fourth-order valence-electron chi connectivity index (χ4n) is 1.72. The van der Waals surface area contributed by atoms with Crippen LogP contribution in [0.4, 0.5) is 0 Å². The molecule has 0 unspecified atom stereocenters. The predicted molar refractivity (Wildman–Crippen MR) is 75.4 cm³/mol. The van der Waals surface area contributed by atoms with Crippen molar-refractivity contribution in [3.63, 3.8) is 0 Å². The van der Waals surface area contributed by atoms with E-state index in [1.807, 2.05) is 19.5 Å². The van der Waals surface area contributed by atoms with E-state index in [1.165, 1.54) is 0 Å². The topological polar surface area (TPSA) is 72.9 Å². The predicted octanol–water partition coefficient (Wildman–Crippen LogP) is 0.679. The standard InChI is InChI=1S/C12H22N4OS/c1-4-11-9(8-16(2)15-11)7-14-12(17)10(13)5-6-18-3/h8,10H,4-7,13H2,1-3H3,(H,14,17)/t10-/m1/s1. The number of hydrogen-bond acceptors (Lipinski definition) is 4. The second-order valence-corrected chi connectivity index (χ2v) is 5.22. The van der Waals surface area contributed by atoms with Gasteiger partial charge in [-0.25, -0.2) is 0 Å². The molecule has 1 aromatic rings. The maximum atomic E-state index is 11.8. The first kappa shape index (κ1) is 15.0. The summed E-state index contributed by atoms with van der Waals surface area (Å²) in [4.78, 5) is 11.8. The lowest BCUT2D eigenvalue weighted by Gasteiger charge is -2.11. The van der Waals surface area contributed by atoms with Crippen molar-refractivity contribution < 1.29 is 4.79 Å². The van der Waals surface area contributed by atoms with Crippen LogP contribution in [0.5, 0.6) is 0 Å². The van der Waals surface area contributed by atoms with Crippen LogP contribution in [0.3, 0.4) is 0 Å². The first-order valence-corrected chi connectivity index (χ1v) is 7.51. The molecule has 0 radical (unpaired) electrons. The Morgan fingerprint density at radius 3 is 3.00 bits per heavy atom. The van der Waals surface area contributed by atoms with E-state index in [4.69, 9.17) is 5.73 Å². The molecule has 1 atom stereocenters. The van der Waals surface area contributed by atoms with Crippen LogP contribution in [-0.2, 0) is 24.8 Å². The van der Waals surface area contributed by atoms with Crippen LogP contribution in [-0.4, -0.2) is 33.7 Å². The molecule has 3 N–H and O–H groups in total. The third-order valence-electron chi connectivity index (χ3n) is 2.75. The summed E-state index contributed by atoms with van der Waals surface area (Å²) in [5.74, 6) is 0.816. The lowest BCUT2D eigenvalue weighted by Crippen LogP contribution is -2.40. The van der Waals surface area contributed by atoms with Crippen molar-refractivity contribution >= 4 is 17.7 Å². The quantitative estimate of drug-likeness (QED) is 0.764. The van der Waals surface area contributed by atoms with E-state index in [0.29, 0.717) is 13.0 Å². The monoisotopic (exact) mass is 270 g/mol. The van der Waals surface area contributed by atoms with Gasteiger partial charge in [-0.2, -0.15) is 16.9 Å². The van der Waals surface area contributed by atoms with Gasteiger partial charge in [-0.15, -0.1) is 0 Å². The first-order chi connectivity index (χ1) is 8.58. The molecular weight excluding hydrogens is 248 g/mol. The van der Waals surface area contributed by atoms with Crippen LogP contribution in [0.15, 0.2) is 6.20 Å². The molecule has 102 valence electrons. The molecule has 0 aromatic carbocycles. The van der Waals surface area contributed by atoms with Gasteiger partial charge in [-0.05, 0) is 24.9 Å². The Hall–Kier alpha value is -1.01. The van der Waals surface area contributed by atoms with Crippen molar-refractivity contribution in [3.05, 3.63) is 17.5 Å². The van der Waals surface area contributed by atoms with Crippen LogP contribution in [0.25, 0.3) is 0 Å². The van der Waals surface area contributed by atoms with Gasteiger partial charge in [0.15, 0.2) is 0 Å². The average molecular weight is 270 g/mol. The molecule has 0 bridgehead atoms. The maximum Gasteiger partial charge on any atom is 0.237 e. The molecule has 1 aromatic heterocycles. The van der Waals surface area contributed by atoms with Crippen molar-refractivity contribution in [2.45, 2.75) is 32.4 Å². The van der Waals surface area contributed by atoms with Crippen molar-refractivity contribution in [1.29, 1.82) is 0 Å². The molecule has 0 spiro atoms. The van der Waals surface area contributed by atoms with Gasteiger partial charge in [-0.1, -0.05) is 6.92 Å². The molecule has 6 heteroatoms. The van der Waals surface area contributed by atoms with Crippen LogP contribution in [0.2, 0.25) is 0 Å². The summed E-state index contributed by atoms with van der Waals surface area (Å²) in [7, 11) is 1.88. The number of thioether (sulfide) groups is 1. The smallest absolute Gasteiger partial charge is 0.237 e. The number of carbonyl (C=O) groups excluding carboxylic acids is 1. The molecule has 1 heterocycles. The van der Waals surface area contributed by atoms with Crippen LogP contribution in [0, 0.1) is 0 Å². The molecule has 1 rings (SSSR count). The SMILES string of the molecule is CCc1nn(C)cc1CNC(=O)[C@H](N)CCSC. The molecular formula is C12H22N4OS. The summed E-state index contributed by atoms with van der Waals surface area (Å²) in [5.41, 5.74) is 7.88. The molecule has 0 aliphatic carbocycles. The Morgan fingerprint density at radius 2 is 2.39 bits per heavy atom. The van der Waals surface area contributed by atoms with Gasteiger partial charge in [-0.3, -0.25) is 9.48 Å². The van der Waals surface area contributed by atoms with Crippen molar-refractivity contribution in [1.82, 2.24) is 15.1 Å². The Balaban J connectivity index is 2.46. The summed E-state index contributed by atoms with van der Waals surface area (Å²) >= 11 is 1.70. The van der Waals surface area contributed by atoms with Crippen molar-refractivity contribution in [3.8, 4) is 0 Å². The van der Waals surface area contributed by atoms with E-state index in [9.17, 15) is 4.79 Å². The summed E-state index contributed by atoms with van der Waals surface area (Å²) in [6, 6.07) is -0.417. The molecule has 0 aliphatic rings. The van der Waals surface area contributed by atoms with E-state index < -0.39 is 6.04 Å². The van der Waals surface area contributed by atoms with Gasteiger partial charge in [0.05, 0.1) is 11.7 Å². The van der Waals surface area contributed by atoms with Gasteiger partial charge in [0.1, 0.15) is 0 Å². The number of nitrogens with two attached hydrogens (primary N) is 1. The Labute approximate surface area is 112 Å². The third-order valence-corrected chi connectivity index (χ3v) is 3.39. The molecule has 0 fully saturated rings. The van der Waals surface area contributed by atoms with E-state index >= 15 is 0 Å². The lowest BCUT2D eigenvalue weighted by molar-refractivity contribution is -0.122. The lowest BCUT2D eigenvalue weighted by atomic mass is 10.2. The fraction of sp³-hybridized carbons (Fsp3) is 0.667. The number of aryl methyl sites for hydroxylation is 2. The minimum atomic E-state index is -0.417. The van der Waals surface area contributed by atoms with Gasteiger partial charge < -0.3 is 11.1 Å². The number of nitrogens with zero attached hydrogens (tertiary/aromatic N) is 2. The summed E-state index contributed by atoms with van der Waals surface area (Å²) in [5, 5.41) is 7.20. The van der Waals surface area contributed by atoms with Gasteiger partial charge in [0, 0.05) is 25.4 Å². The molecule has 5 nitrogen and oxygen atoms in total. The Bertz CT molecular complexity index is 391. The number of carbonyl (C=O) groups is 1.